The van der Waals surface area contributed by atoms with Crippen LogP contribution in [0, 0.1) is 12.8 Å². The molecule has 4 heterocycles. The lowest BCUT2D eigenvalue weighted by Gasteiger charge is -2.45. The molecule has 2 atom stereocenters. The molecular formula is C26H25F3N4O3. The summed E-state index contributed by atoms with van der Waals surface area (Å²) in [5.74, 6) is -0.602. The number of rotatable bonds is 4. The summed E-state index contributed by atoms with van der Waals surface area (Å²) in [5, 5.41) is 12.5. The summed E-state index contributed by atoms with van der Waals surface area (Å²) in [6, 6.07) is 9.47. The van der Waals surface area contributed by atoms with Crippen LogP contribution in [0.4, 0.5) is 24.5 Å². The van der Waals surface area contributed by atoms with E-state index in [1.54, 1.807) is 18.3 Å². The molecule has 2 aliphatic rings. The van der Waals surface area contributed by atoms with Crippen LogP contribution in [0.1, 0.15) is 27.3 Å². The predicted octanol–water partition coefficient (Wildman–Crippen LogP) is 4.09. The van der Waals surface area contributed by atoms with Crippen molar-refractivity contribution >= 4 is 17.3 Å². The van der Waals surface area contributed by atoms with Crippen LogP contribution in [0.15, 0.2) is 48.8 Å². The number of amides is 1. The van der Waals surface area contributed by atoms with E-state index in [1.807, 2.05) is 13.0 Å². The number of nitrogens with zero attached hydrogens (tertiary/aromatic N) is 3. The van der Waals surface area contributed by atoms with E-state index in [0.29, 0.717) is 31.9 Å². The average Bonchev–Trinajstić information content (AvgIpc) is 2.88. The molecule has 7 nitrogen and oxygen atoms in total. The first-order chi connectivity index (χ1) is 17.2. The van der Waals surface area contributed by atoms with Crippen molar-refractivity contribution in [3.8, 4) is 11.1 Å². The molecule has 2 aromatic heterocycles. The van der Waals surface area contributed by atoms with Crippen molar-refractivity contribution in [2.75, 3.05) is 36.6 Å². The summed E-state index contributed by atoms with van der Waals surface area (Å²) >= 11 is 0. The van der Waals surface area contributed by atoms with Gasteiger partial charge in [-0.1, -0.05) is 6.07 Å². The van der Waals surface area contributed by atoms with Crippen molar-refractivity contribution < 1.29 is 27.8 Å². The number of carbonyl (C=O) groups is 1. The predicted molar refractivity (Wildman–Crippen MR) is 128 cm³/mol. The van der Waals surface area contributed by atoms with E-state index in [0.717, 1.165) is 40.3 Å². The normalized spacial score (nSPS) is 19.4. The molecule has 2 aliphatic heterocycles. The Hall–Kier alpha value is -3.50. The van der Waals surface area contributed by atoms with Gasteiger partial charge in [-0.15, -0.1) is 0 Å². The van der Waals surface area contributed by atoms with Crippen molar-refractivity contribution in [2.45, 2.75) is 25.6 Å². The minimum atomic E-state index is -4.64. The molecule has 5 rings (SSSR count). The number of aryl methyl sites for hydroxylation is 1. The van der Waals surface area contributed by atoms with Gasteiger partial charge in [-0.25, -0.2) is 0 Å². The van der Waals surface area contributed by atoms with E-state index < -0.39 is 17.8 Å². The maximum absolute atomic E-state index is 13.0. The van der Waals surface area contributed by atoms with E-state index >= 15 is 0 Å². The number of hydrogen-bond donors (Lipinski definition) is 2. The second-order valence-corrected chi connectivity index (χ2v) is 9.08. The third-order valence-electron chi connectivity index (χ3n) is 6.78. The van der Waals surface area contributed by atoms with Crippen molar-refractivity contribution in [1.29, 1.82) is 0 Å². The highest BCUT2D eigenvalue weighted by Crippen LogP contribution is 2.38. The first-order valence-electron chi connectivity index (χ1n) is 11.6. The number of fused-ring (bicyclic) bond motifs is 3. The molecule has 0 bridgehead atoms. The highest BCUT2D eigenvalue weighted by molar-refractivity contribution is 6.04. The van der Waals surface area contributed by atoms with E-state index in [4.69, 9.17) is 9.72 Å². The first kappa shape index (κ1) is 24.2. The summed E-state index contributed by atoms with van der Waals surface area (Å²) in [6.07, 6.45) is -1.22. The largest absolute Gasteiger partial charge is 0.433 e. The van der Waals surface area contributed by atoms with E-state index in [1.165, 1.54) is 6.07 Å². The summed E-state index contributed by atoms with van der Waals surface area (Å²) < 4.78 is 44.6. The van der Waals surface area contributed by atoms with Gasteiger partial charge in [-0.3, -0.25) is 14.8 Å². The lowest BCUT2D eigenvalue weighted by atomic mass is 9.87. The van der Waals surface area contributed by atoms with Crippen LogP contribution < -0.4 is 10.2 Å². The Morgan fingerprint density at radius 3 is 2.83 bits per heavy atom. The van der Waals surface area contributed by atoms with Gasteiger partial charge in [0.05, 0.1) is 30.6 Å². The van der Waals surface area contributed by atoms with Gasteiger partial charge in [0, 0.05) is 48.3 Å². The summed E-state index contributed by atoms with van der Waals surface area (Å²) in [4.78, 5) is 22.9. The molecule has 188 valence electrons. The quantitative estimate of drug-likeness (QED) is 0.564. The molecular weight excluding hydrogens is 473 g/mol. The van der Waals surface area contributed by atoms with Gasteiger partial charge in [0.25, 0.3) is 5.91 Å². The molecule has 1 unspecified atom stereocenters. The van der Waals surface area contributed by atoms with Crippen LogP contribution in [-0.2, 0) is 17.3 Å². The van der Waals surface area contributed by atoms with Gasteiger partial charge in [-0.05, 0) is 54.8 Å². The number of ether oxygens (including phenoxy) is 1. The third-order valence-corrected chi connectivity index (χ3v) is 6.78. The molecule has 2 N–H and O–H groups in total. The van der Waals surface area contributed by atoms with Gasteiger partial charge in [0.15, 0.2) is 0 Å². The highest BCUT2D eigenvalue weighted by Gasteiger charge is 2.37. The van der Waals surface area contributed by atoms with Crippen LogP contribution in [0.3, 0.4) is 0 Å². The lowest BCUT2D eigenvalue weighted by Crippen LogP contribution is -2.54. The number of nitrogens with one attached hydrogen (secondary N) is 1. The van der Waals surface area contributed by atoms with Crippen LogP contribution >= 0.6 is 0 Å². The second kappa shape index (κ2) is 9.51. The summed E-state index contributed by atoms with van der Waals surface area (Å²) in [7, 11) is 0. The topological polar surface area (TPSA) is 87.6 Å². The molecule has 0 radical (unpaired) electrons. The average molecular weight is 499 g/mol. The lowest BCUT2D eigenvalue weighted by molar-refractivity contribution is -0.141. The number of morpholine rings is 1. The summed E-state index contributed by atoms with van der Waals surface area (Å²) in [6.45, 7) is 3.87. The van der Waals surface area contributed by atoms with Crippen molar-refractivity contribution in [3.05, 3.63) is 71.3 Å². The number of hydrogen-bond acceptors (Lipinski definition) is 6. The number of aliphatic hydroxyl groups is 1. The summed E-state index contributed by atoms with van der Waals surface area (Å²) in [5.41, 5.74) is 3.80. The van der Waals surface area contributed by atoms with E-state index in [9.17, 15) is 23.1 Å². The molecule has 0 spiro atoms. The van der Waals surface area contributed by atoms with Gasteiger partial charge < -0.3 is 20.1 Å². The standard InChI is InChI=1S/C26H25F3N4O3/c1-15-2-3-19(32-25(35)16-4-5-30-24(10-16)26(27,28)29)11-20(15)17-9-22-21(31-12-17)8-18(13-34)23-14-36-7-6-33(22)23/h2-5,9-12,18,23,34H,6-8,13-14H2,1H3,(H,32,35)/t18-,23?/m1/s1. The number of anilines is 2. The Labute approximate surface area is 205 Å². The van der Waals surface area contributed by atoms with Gasteiger partial charge in [-0.2, -0.15) is 13.2 Å². The second-order valence-electron chi connectivity index (χ2n) is 9.08. The number of aliphatic hydroxyl groups excluding tert-OH is 1. The maximum atomic E-state index is 13.0. The zero-order valence-corrected chi connectivity index (χ0v) is 19.5. The van der Waals surface area contributed by atoms with Crippen molar-refractivity contribution in [3.63, 3.8) is 0 Å². The van der Waals surface area contributed by atoms with Gasteiger partial charge in [0.2, 0.25) is 0 Å². The molecule has 0 saturated carbocycles. The fourth-order valence-electron chi connectivity index (χ4n) is 4.86. The smallest absolute Gasteiger partial charge is 0.396 e. The first-order valence-corrected chi connectivity index (χ1v) is 11.6. The van der Waals surface area contributed by atoms with Crippen LogP contribution in [0.5, 0.6) is 0 Å². The molecule has 10 heteroatoms. The SMILES string of the molecule is Cc1ccc(NC(=O)c2ccnc(C(F)(F)F)c2)cc1-c1cnc2c(c1)N1CCOCC1[C@@H](CO)C2. The zero-order valence-electron chi connectivity index (χ0n) is 19.5. The fraction of sp³-hybridized carbons (Fsp3) is 0.346. The zero-order chi connectivity index (χ0) is 25.4. The molecule has 3 aromatic rings. The Kier molecular flexibility index (Phi) is 6.40. The highest BCUT2D eigenvalue weighted by atomic mass is 19.4. The number of pyridine rings is 2. The maximum Gasteiger partial charge on any atom is 0.433 e. The van der Waals surface area contributed by atoms with Gasteiger partial charge in [0.1, 0.15) is 5.69 Å². The van der Waals surface area contributed by atoms with Crippen LogP contribution in [-0.4, -0.2) is 53.4 Å². The monoisotopic (exact) mass is 498 g/mol. The van der Waals surface area contributed by atoms with E-state index in [2.05, 4.69) is 21.3 Å². The number of carbonyl (C=O) groups excluding carboxylic acids is 1. The van der Waals surface area contributed by atoms with Crippen molar-refractivity contribution in [2.24, 2.45) is 5.92 Å². The minimum Gasteiger partial charge on any atom is -0.396 e. The molecule has 1 aromatic carbocycles. The molecule has 1 saturated heterocycles. The Morgan fingerprint density at radius 1 is 1.22 bits per heavy atom. The molecule has 1 fully saturated rings. The number of aromatic nitrogens is 2. The molecule has 36 heavy (non-hydrogen) atoms. The third kappa shape index (κ3) is 4.66. The molecule has 0 aliphatic carbocycles. The van der Waals surface area contributed by atoms with Gasteiger partial charge >= 0.3 is 6.18 Å². The van der Waals surface area contributed by atoms with Crippen LogP contribution in [0.25, 0.3) is 11.1 Å². The fourth-order valence-corrected chi connectivity index (χ4v) is 4.86. The van der Waals surface area contributed by atoms with E-state index in [-0.39, 0.29) is 24.1 Å². The number of alkyl halides is 3. The minimum absolute atomic E-state index is 0.0578. The number of benzene rings is 1. The Bertz CT molecular complexity index is 1300. The van der Waals surface area contributed by atoms with Crippen LogP contribution in [0.2, 0.25) is 0 Å². The molecule has 1 amide bonds. The Morgan fingerprint density at radius 2 is 2.06 bits per heavy atom. The Balaban J connectivity index is 1.43. The van der Waals surface area contributed by atoms with Crippen molar-refractivity contribution in [1.82, 2.24) is 9.97 Å². The number of halogens is 3.